The second-order valence-electron chi connectivity index (χ2n) is 6.00. The minimum Gasteiger partial charge on any atom is -0.365 e. The lowest BCUT2D eigenvalue weighted by Crippen LogP contribution is -2.36. The Hall–Kier alpha value is -0.180. The Labute approximate surface area is 116 Å². The summed E-state index contributed by atoms with van der Waals surface area (Å²) in [5.74, 6) is 2.14. The first-order chi connectivity index (χ1) is 8.78. The maximum absolute atomic E-state index is 4.78. The number of rotatable bonds is 4. The lowest BCUT2D eigenvalue weighted by Gasteiger charge is -2.34. The van der Waals surface area contributed by atoms with Crippen molar-refractivity contribution in [2.45, 2.75) is 58.8 Å². The lowest BCUT2D eigenvalue weighted by molar-refractivity contribution is 0.317. The van der Waals surface area contributed by atoms with Crippen LogP contribution in [0.1, 0.15) is 58.8 Å². The molecule has 2 rings (SSSR count). The van der Waals surface area contributed by atoms with E-state index in [0.29, 0.717) is 5.41 Å². The van der Waals surface area contributed by atoms with E-state index in [0.717, 1.165) is 19.0 Å². The Kier molecular flexibility index (Phi) is 5.40. The molecule has 0 spiro atoms. The van der Waals surface area contributed by atoms with Crippen LogP contribution in [-0.4, -0.2) is 24.0 Å². The van der Waals surface area contributed by atoms with E-state index in [1.165, 1.54) is 55.9 Å². The highest BCUT2D eigenvalue weighted by molar-refractivity contribution is 8.13. The molecule has 0 atom stereocenters. The number of thioether (sulfide) groups is 1. The highest BCUT2D eigenvalue weighted by atomic mass is 32.2. The van der Waals surface area contributed by atoms with E-state index < -0.39 is 0 Å². The van der Waals surface area contributed by atoms with Crippen LogP contribution in [0.4, 0.5) is 0 Å². The van der Waals surface area contributed by atoms with Crippen molar-refractivity contribution in [2.75, 3.05) is 18.8 Å². The van der Waals surface area contributed by atoms with Gasteiger partial charge in [-0.1, -0.05) is 44.9 Å². The number of hydrogen-bond acceptors (Lipinski definition) is 3. The fraction of sp³-hybridized carbons (Fsp3) is 0.933. The second kappa shape index (κ2) is 6.83. The summed E-state index contributed by atoms with van der Waals surface area (Å²) in [5.41, 5.74) is 0.473. The van der Waals surface area contributed by atoms with Crippen LogP contribution in [0.5, 0.6) is 0 Å². The van der Waals surface area contributed by atoms with Gasteiger partial charge in [0.25, 0.3) is 0 Å². The fourth-order valence-corrected chi connectivity index (χ4v) is 4.24. The fourth-order valence-electron chi connectivity index (χ4n) is 2.96. The molecule has 0 saturated heterocycles. The van der Waals surface area contributed by atoms with Gasteiger partial charge in [0.2, 0.25) is 0 Å². The first-order valence-corrected chi connectivity index (χ1v) is 8.67. The van der Waals surface area contributed by atoms with Gasteiger partial charge in [-0.15, -0.1) is 0 Å². The van der Waals surface area contributed by atoms with E-state index in [4.69, 9.17) is 4.99 Å². The van der Waals surface area contributed by atoms with E-state index in [1.54, 1.807) is 0 Å². The molecule has 18 heavy (non-hydrogen) atoms. The third kappa shape index (κ3) is 3.66. The van der Waals surface area contributed by atoms with Gasteiger partial charge in [-0.25, -0.2) is 0 Å². The van der Waals surface area contributed by atoms with Crippen molar-refractivity contribution in [3.05, 3.63) is 0 Å². The number of aliphatic imine (C=N–C) groups is 1. The normalized spacial score (nSPS) is 24.7. The Morgan fingerprint density at radius 1 is 1.22 bits per heavy atom. The molecule has 0 bridgehead atoms. The van der Waals surface area contributed by atoms with Gasteiger partial charge in [0.15, 0.2) is 5.17 Å². The molecule has 2 aliphatic rings. The molecule has 0 aromatic rings. The van der Waals surface area contributed by atoms with Crippen LogP contribution in [0.25, 0.3) is 0 Å². The van der Waals surface area contributed by atoms with E-state index >= 15 is 0 Å². The summed E-state index contributed by atoms with van der Waals surface area (Å²) < 4.78 is 0. The predicted molar refractivity (Wildman–Crippen MR) is 82.4 cm³/mol. The molecule has 1 heterocycles. The number of nitrogens with zero attached hydrogens (tertiary/aromatic N) is 1. The zero-order chi connectivity index (χ0) is 12.8. The Morgan fingerprint density at radius 2 is 1.94 bits per heavy atom. The van der Waals surface area contributed by atoms with Crippen LogP contribution in [0, 0.1) is 11.3 Å². The largest absolute Gasteiger partial charge is 0.365 e. The monoisotopic (exact) mass is 268 g/mol. The summed E-state index contributed by atoms with van der Waals surface area (Å²) in [4.78, 5) is 4.78. The van der Waals surface area contributed by atoms with Gasteiger partial charge in [0.05, 0.1) is 0 Å². The maximum atomic E-state index is 4.78. The number of hydrogen-bond donors (Lipinski definition) is 1. The molecule has 1 fully saturated rings. The molecule has 2 nitrogen and oxygen atoms in total. The summed E-state index contributed by atoms with van der Waals surface area (Å²) in [7, 11) is 0. The van der Waals surface area contributed by atoms with Crippen LogP contribution in [0.15, 0.2) is 4.99 Å². The Bertz CT molecular complexity index is 278. The SMILES string of the molecule is CCC1(CC)CN=C(NCC2CCCCC2)SC1. The van der Waals surface area contributed by atoms with Gasteiger partial charge in [-0.05, 0) is 37.0 Å². The first-order valence-electron chi connectivity index (χ1n) is 7.69. The highest BCUT2D eigenvalue weighted by Gasteiger charge is 2.30. The van der Waals surface area contributed by atoms with E-state index in [-0.39, 0.29) is 0 Å². The van der Waals surface area contributed by atoms with Crippen LogP contribution >= 0.6 is 11.8 Å². The minimum atomic E-state index is 0.473. The number of nitrogens with one attached hydrogen (secondary N) is 1. The van der Waals surface area contributed by atoms with E-state index in [1.807, 2.05) is 11.8 Å². The van der Waals surface area contributed by atoms with Crippen LogP contribution < -0.4 is 5.32 Å². The third-order valence-corrected chi connectivity index (χ3v) is 6.14. The zero-order valence-corrected chi connectivity index (χ0v) is 12.8. The van der Waals surface area contributed by atoms with Crippen LogP contribution in [-0.2, 0) is 0 Å². The molecule has 0 unspecified atom stereocenters. The predicted octanol–water partition coefficient (Wildman–Crippen LogP) is 4.07. The quantitative estimate of drug-likeness (QED) is 0.831. The van der Waals surface area contributed by atoms with Gasteiger partial charge in [-0.3, -0.25) is 4.99 Å². The molecule has 0 aromatic heterocycles. The lowest BCUT2D eigenvalue weighted by atomic mass is 9.84. The minimum absolute atomic E-state index is 0.473. The van der Waals surface area contributed by atoms with Gasteiger partial charge in [-0.2, -0.15) is 0 Å². The van der Waals surface area contributed by atoms with Crippen molar-refractivity contribution >= 4 is 16.9 Å². The molecule has 0 radical (unpaired) electrons. The topological polar surface area (TPSA) is 24.4 Å². The summed E-state index contributed by atoms with van der Waals surface area (Å²) >= 11 is 1.95. The third-order valence-electron chi connectivity index (χ3n) is 4.84. The van der Waals surface area contributed by atoms with Crippen LogP contribution in [0.2, 0.25) is 0 Å². The Morgan fingerprint density at radius 3 is 2.50 bits per heavy atom. The molecule has 3 heteroatoms. The first kappa shape index (κ1) is 14.2. The standard InChI is InChI=1S/C15H28N2S/c1-3-15(4-2)11-17-14(18-12-15)16-10-13-8-6-5-7-9-13/h13H,3-12H2,1-2H3,(H,16,17). The van der Waals surface area contributed by atoms with Gasteiger partial charge in [0, 0.05) is 18.8 Å². The Balaban J connectivity index is 1.76. The zero-order valence-electron chi connectivity index (χ0n) is 12.0. The van der Waals surface area contributed by atoms with Crippen molar-refractivity contribution in [3.63, 3.8) is 0 Å². The molecule has 1 saturated carbocycles. The molecular weight excluding hydrogens is 240 g/mol. The summed E-state index contributed by atoms with van der Waals surface area (Å²) in [6.45, 7) is 6.79. The summed E-state index contributed by atoms with van der Waals surface area (Å²) in [6.07, 6.45) is 9.66. The molecule has 1 N–H and O–H groups in total. The molecule has 104 valence electrons. The number of amidine groups is 1. The molecule has 0 amide bonds. The van der Waals surface area contributed by atoms with Crippen molar-refractivity contribution in [2.24, 2.45) is 16.3 Å². The van der Waals surface area contributed by atoms with Crippen molar-refractivity contribution in [3.8, 4) is 0 Å². The molecule has 1 aliphatic carbocycles. The second-order valence-corrected chi connectivity index (χ2v) is 6.97. The maximum Gasteiger partial charge on any atom is 0.156 e. The van der Waals surface area contributed by atoms with Crippen molar-refractivity contribution in [1.82, 2.24) is 5.32 Å². The van der Waals surface area contributed by atoms with E-state index in [9.17, 15) is 0 Å². The molecule has 1 aliphatic heterocycles. The van der Waals surface area contributed by atoms with E-state index in [2.05, 4.69) is 19.2 Å². The highest BCUT2D eigenvalue weighted by Crippen LogP contribution is 2.34. The molecular formula is C15H28N2S. The average molecular weight is 268 g/mol. The molecule has 0 aromatic carbocycles. The van der Waals surface area contributed by atoms with Gasteiger partial charge >= 0.3 is 0 Å². The van der Waals surface area contributed by atoms with Gasteiger partial charge < -0.3 is 5.32 Å². The van der Waals surface area contributed by atoms with Crippen molar-refractivity contribution in [1.29, 1.82) is 0 Å². The van der Waals surface area contributed by atoms with Gasteiger partial charge in [0.1, 0.15) is 0 Å². The smallest absolute Gasteiger partial charge is 0.156 e. The average Bonchev–Trinajstić information content (AvgIpc) is 2.47. The van der Waals surface area contributed by atoms with Crippen LogP contribution in [0.3, 0.4) is 0 Å². The van der Waals surface area contributed by atoms with Crippen molar-refractivity contribution < 1.29 is 0 Å². The summed E-state index contributed by atoms with van der Waals surface area (Å²) in [6, 6.07) is 0. The summed E-state index contributed by atoms with van der Waals surface area (Å²) in [5, 5.41) is 4.80.